The minimum absolute atomic E-state index is 0.474. The highest BCUT2D eigenvalue weighted by Gasteiger charge is 2.16. The molecule has 0 aliphatic heterocycles. The van der Waals surface area contributed by atoms with Crippen LogP contribution in [0.4, 0.5) is 16.2 Å². The van der Waals surface area contributed by atoms with Gasteiger partial charge in [0.2, 0.25) is 0 Å². The Morgan fingerprint density at radius 3 is 2.33 bits per heavy atom. The number of anilines is 2. The number of nitrogen functional groups attached to an aromatic ring is 1. The van der Waals surface area contributed by atoms with Gasteiger partial charge in [0, 0.05) is 27.2 Å². The third-order valence-electron chi connectivity index (χ3n) is 3.96. The summed E-state index contributed by atoms with van der Waals surface area (Å²) < 4.78 is 11.1. The molecule has 0 saturated carbocycles. The third-order valence-corrected chi connectivity index (χ3v) is 5.06. The number of hydrogen-bond donors (Lipinski definition) is 2. The lowest BCUT2D eigenvalue weighted by atomic mass is 10.2. The van der Waals surface area contributed by atoms with Gasteiger partial charge in [-0.2, -0.15) is 0 Å². The highest BCUT2D eigenvalue weighted by Crippen LogP contribution is 2.34. The number of carbonyl (C=O) groups excluding carboxylic acids is 1. The van der Waals surface area contributed by atoms with E-state index in [1.54, 1.807) is 11.8 Å². The molecule has 0 unspecified atom stereocenters. The number of amides is 1. The van der Waals surface area contributed by atoms with Crippen molar-refractivity contribution in [3.05, 3.63) is 78.4 Å². The van der Waals surface area contributed by atoms with E-state index >= 15 is 0 Å². The summed E-state index contributed by atoms with van der Waals surface area (Å²) in [4.78, 5) is 13.8. The van der Waals surface area contributed by atoms with E-state index in [1.165, 1.54) is 0 Å². The van der Waals surface area contributed by atoms with E-state index in [2.05, 4.69) is 5.32 Å². The maximum atomic E-state index is 11.9. The monoisotopic (exact) mass is 422 g/mol. The molecule has 30 heavy (non-hydrogen) atoms. The summed E-state index contributed by atoms with van der Waals surface area (Å²) in [6.45, 7) is 5.98. The summed E-state index contributed by atoms with van der Waals surface area (Å²) in [6, 6.07) is 23.2. The van der Waals surface area contributed by atoms with Crippen LogP contribution in [0.2, 0.25) is 0 Å². The second-order valence-corrected chi connectivity index (χ2v) is 8.84. The molecule has 1 amide bonds. The molecule has 3 aromatic carbocycles. The van der Waals surface area contributed by atoms with Crippen LogP contribution in [0.3, 0.4) is 0 Å². The molecular formula is C24H26N2O3S. The van der Waals surface area contributed by atoms with Gasteiger partial charge < -0.3 is 15.2 Å². The number of rotatable bonds is 6. The molecule has 156 valence electrons. The lowest BCUT2D eigenvalue weighted by Crippen LogP contribution is -2.27. The van der Waals surface area contributed by atoms with E-state index in [0.717, 1.165) is 21.1 Å². The van der Waals surface area contributed by atoms with Gasteiger partial charge in [-0.3, -0.25) is 5.32 Å². The normalized spacial score (nSPS) is 11.0. The zero-order valence-corrected chi connectivity index (χ0v) is 18.2. The van der Waals surface area contributed by atoms with E-state index in [1.807, 2.05) is 93.6 Å². The lowest BCUT2D eigenvalue weighted by molar-refractivity contribution is 0.0636. The topological polar surface area (TPSA) is 73.6 Å². The molecule has 0 heterocycles. The molecule has 0 spiro atoms. The highest BCUT2D eigenvalue weighted by molar-refractivity contribution is 7.99. The summed E-state index contributed by atoms with van der Waals surface area (Å²) in [5.74, 6) is 0.734. The molecule has 0 radical (unpaired) electrons. The predicted octanol–water partition coefficient (Wildman–Crippen LogP) is 6.35. The molecule has 0 aliphatic carbocycles. The van der Waals surface area contributed by atoms with Crippen molar-refractivity contribution >= 4 is 29.2 Å². The van der Waals surface area contributed by atoms with Crippen molar-refractivity contribution in [1.29, 1.82) is 0 Å². The molecular weight excluding hydrogens is 396 g/mol. The van der Waals surface area contributed by atoms with Crippen LogP contribution in [0.1, 0.15) is 26.3 Å². The number of nitrogens with two attached hydrogens (primary N) is 1. The van der Waals surface area contributed by atoms with Crippen LogP contribution in [-0.4, -0.2) is 11.7 Å². The van der Waals surface area contributed by atoms with Crippen molar-refractivity contribution in [2.45, 2.75) is 42.8 Å². The first kappa shape index (κ1) is 21.6. The number of ether oxygens (including phenoxy) is 2. The molecule has 0 aliphatic rings. The summed E-state index contributed by atoms with van der Waals surface area (Å²) >= 11 is 1.55. The molecule has 0 saturated heterocycles. The number of benzene rings is 3. The van der Waals surface area contributed by atoms with E-state index in [4.69, 9.17) is 15.2 Å². The molecule has 0 fully saturated rings. The van der Waals surface area contributed by atoms with Crippen molar-refractivity contribution in [3.63, 3.8) is 0 Å². The fourth-order valence-corrected chi connectivity index (χ4v) is 3.44. The molecule has 3 N–H and O–H groups in total. The summed E-state index contributed by atoms with van der Waals surface area (Å²) in [5, 5.41) is 2.72. The Kier molecular flexibility index (Phi) is 6.90. The van der Waals surface area contributed by atoms with Crippen molar-refractivity contribution in [3.8, 4) is 5.75 Å². The molecule has 0 bridgehead atoms. The first-order chi connectivity index (χ1) is 14.3. The van der Waals surface area contributed by atoms with Gasteiger partial charge in [-0.25, -0.2) is 4.79 Å². The fraction of sp³-hybridized carbons (Fsp3) is 0.208. The average molecular weight is 423 g/mol. The highest BCUT2D eigenvalue weighted by atomic mass is 32.2. The standard InChI is InChI=1S/C24H26N2O3S/c1-24(2,3)29-23(27)26-18-9-12-20(13-10-18)30-22-14-11-19(15-21(22)25)28-16-17-7-5-4-6-8-17/h4-15H,16,25H2,1-3H3,(H,26,27). The van der Waals surface area contributed by atoms with Crippen LogP contribution in [0.5, 0.6) is 5.75 Å². The first-order valence-corrected chi connectivity index (χ1v) is 10.4. The maximum Gasteiger partial charge on any atom is 0.412 e. The van der Waals surface area contributed by atoms with Crippen LogP contribution < -0.4 is 15.8 Å². The SMILES string of the molecule is CC(C)(C)OC(=O)Nc1ccc(Sc2ccc(OCc3ccccc3)cc2N)cc1. The average Bonchev–Trinajstić information content (AvgIpc) is 2.69. The Morgan fingerprint density at radius 2 is 1.70 bits per heavy atom. The Labute approximate surface area is 181 Å². The fourth-order valence-electron chi connectivity index (χ4n) is 2.60. The predicted molar refractivity (Wildman–Crippen MR) is 122 cm³/mol. The van der Waals surface area contributed by atoms with E-state index in [-0.39, 0.29) is 0 Å². The number of hydrogen-bond acceptors (Lipinski definition) is 5. The maximum absolute atomic E-state index is 11.9. The Balaban J connectivity index is 1.57. The van der Waals surface area contributed by atoms with Crippen molar-refractivity contribution in [2.24, 2.45) is 0 Å². The quantitative estimate of drug-likeness (QED) is 0.453. The van der Waals surface area contributed by atoms with E-state index < -0.39 is 11.7 Å². The van der Waals surface area contributed by atoms with Crippen LogP contribution in [0.25, 0.3) is 0 Å². The Bertz CT molecular complexity index is 984. The third kappa shape index (κ3) is 6.74. The van der Waals surface area contributed by atoms with Gasteiger partial charge in [0.05, 0.1) is 0 Å². The van der Waals surface area contributed by atoms with E-state index in [9.17, 15) is 4.79 Å². The van der Waals surface area contributed by atoms with Crippen molar-refractivity contribution in [2.75, 3.05) is 11.1 Å². The van der Waals surface area contributed by atoms with Crippen LogP contribution in [0, 0.1) is 0 Å². The van der Waals surface area contributed by atoms with Crippen molar-refractivity contribution in [1.82, 2.24) is 0 Å². The van der Waals surface area contributed by atoms with Gasteiger partial charge in [-0.15, -0.1) is 0 Å². The smallest absolute Gasteiger partial charge is 0.412 e. The van der Waals surface area contributed by atoms with Gasteiger partial charge in [0.1, 0.15) is 18.0 Å². The Hall–Kier alpha value is -3.12. The molecule has 0 aromatic heterocycles. The zero-order valence-electron chi connectivity index (χ0n) is 17.3. The molecule has 0 atom stereocenters. The number of nitrogens with one attached hydrogen (secondary N) is 1. The number of carbonyl (C=O) groups is 1. The minimum atomic E-state index is -0.533. The van der Waals surface area contributed by atoms with Crippen molar-refractivity contribution < 1.29 is 14.3 Å². The molecule has 3 aromatic rings. The largest absolute Gasteiger partial charge is 0.489 e. The summed E-state index contributed by atoms with van der Waals surface area (Å²) in [6.07, 6.45) is -0.474. The lowest BCUT2D eigenvalue weighted by Gasteiger charge is -2.19. The molecule has 5 nitrogen and oxygen atoms in total. The summed E-state index contributed by atoms with van der Waals surface area (Å²) in [7, 11) is 0. The van der Waals surface area contributed by atoms with E-state index in [0.29, 0.717) is 18.0 Å². The minimum Gasteiger partial charge on any atom is -0.489 e. The van der Waals surface area contributed by atoms with Crippen LogP contribution in [-0.2, 0) is 11.3 Å². The van der Waals surface area contributed by atoms with Crippen LogP contribution >= 0.6 is 11.8 Å². The van der Waals surface area contributed by atoms with Gasteiger partial charge in [0.25, 0.3) is 0 Å². The van der Waals surface area contributed by atoms with Gasteiger partial charge in [-0.05, 0) is 62.7 Å². The van der Waals surface area contributed by atoms with Gasteiger partial charge in [-0.1, -0.05) is 42.1 Å². The molecule has 3 rings (SSSR count). The van der Waals surface area contributed by atoms with Gasteiger partial charge >= 0.3 is 6.09 Å². The summed E-state index contributed by atoms with van der Waals surface area (Å²) in [5.41, 5.74) is 8.12. The Morgan fingerprint density at radius 1 is 1.00 bits per heavy atom. The second kappa shape index (κ2) is 9.59. The van der Waals surface area contributed by atoms with Gasteiger partial charge in [0.15, 0.2) is 0 Å². The first-order valence-electron chi connectivity index (χ1n) is 9.63. The zero-order chi connectivity index (χ0) is 21.6. The molecule has 6 heteroatoms. The second-order valence-electron chi connectivity index (χ2n) is 7.73. The van der Waals surface area contributed by atoms with Crippen LogP contribution in [0.15, 0.2) is 82.6 Å².